The number of halogens is 1. The lowest BCUT2D eigenvalue weighted by Gasteiger charge is -2.00. The zero-order valence-corrected chi connectivity index (χ0v) is 12.4. The molecule has 0 saturated carbocycles. The Morgan fingerprint density at radius 3 is 2.37 bits per heavy atom. The lowest BCUT2D eigenvalue weighted by atomic mass is 10.1. The monoisotopic (exact) mass is 357 g/mol. The average Bonchev–Trinajstić information content (AvgIpc) is 2.46. The van der Waals surface area contributed by atoms with Gasteiger partial charge in [0.05, 0.1) is 5.69 Å². The van der Waals surface area contributed by atoms with Gasteiger partial charge in [-0.2, -0.15) is 0 Å². The molecule has 0 aliphatic heterocycles. The Morgan fingerprint density at radius 2 is 1.53 bits per heavy atom. The fourth-order valence-corrected chi connectivity index (χ4v) is 2.51. The fraction of sp³-hybridized carbons (Fsp3) is 0. The van der Waals surface area contributed by atoms with Crippen molar-refractivity contribution in [3.63, 3.8) is 0 Å². The Hall–Kier alpha value is -1.68. The second-order valence-corrected chi connectivity index (χ2v) is 5.47. The van der Waals surface area contributed by atoms with Crippen LogP contribution in [0.2, 0.25) is 0 Å². The minimum atomic E-state index is 0.985. The van der Waals surface area contributed by atoms with Crippen LogP contribution in [0, 0.1) is 3.57 Å². The molecule has 0 heterocycles. The van der Waals surface area contributed by atoms with E-state index in [1.807, 2.05) is 18.3 Å². The first kappa shape index (κ1) is 12.4. The molecule has 0 aliphatic carbocycles. The molecule has 0 spiro atoms. The molecule has 3 rings (SSSR count). The molecule has 19 heavy (non-hydrogen) atoms. The maximum Gasteiger partial charge on any atom is 0.0636 e. The molecule has 0 radical (unpaired) electrons. The van der Waals surface area contributed by atoms with Crippen LogP contribution in [-0.4, -0.2) is 6.21 Å². The van der Waals surface area contributed by atoms with Crippen LogP contribution in [0.15, 0.2) is 71.7 Å². The molecule has 2 heteroatoms. The third kappa shape index (κ3) is 2.84. The highest BCUT2D eigenvalue weighted by molar-refractivity contribution is 14.1. The highest BCUT2D eigenvalue weighted by atomic mass is 127. The number of rotatable bonds is 2. The zero-order valence-electron chi connectivity index (χ0n) is 10.3. The van der Waals surface area contributed by atoms with Crippen molar-refractivity contribution < 1.29 is 0 Å². The number of hydrogen-bond donors (Lipinski definition) is 0. The zero-order chi connectivity index (χ0) is 13.1. The Labute approximate surface area is 126 Å². The van der Waals surface area contributed by atoms with Crippen molar-refractivity contribution in [2.75, 3.05) is 0 Å². The van der Waals surface area contributed by atoms with Gasteiger partial charge in [0.2, 0.25) is 0 Å². The summed E-state index contributed by atoms with van der Waals surface area (Å²) in [6, 6.07) is 22.8. The Balaban J connectivity index is 1.95. The van der Waals surface area contributed by atoms with Crippen LogP contribution in [-0.2, 0) is 0 Å². The number of benzene rings is 3. The summed E-state index contributed by atoms with van der Waals surface area (Å²) >= 11 is 2.33. The minimum Gasteiger partial charge on any atom is -0.256 e. The van der Waals surface area contributed by atoms with Gasteiger partial charge in [0.15, 0.2) is 0 Å². The van der Waals surface area contributed by atoms with E-state index in [-0.39, 0.29) is 0 Å². The lowest BCUT2D eigenvalue weighted by Crippen LogP contribution is -1.84. The smallest absolute Gasteiger partial charge is 0.0636 e. The predicted octanol–water partition coefficient (Wildman–Crippen LogP) is 5.20. The number of hydrogen-bond acceptors (Lipinski definition) is 1. The summed E-state index contributed by atoms with van der Waals surface area (Å²) in [7, 11) is 0. The van der Waals surface area contributed by atoms with Gasteiger partial charge in [-0.1, -0.05) is 48.5 Å². The number of aliphatic imine (C=N–C) groups is 1. The first-order valence-corrected chi connectivity index (χ1v) is 7.18. The second kappa shape index (κ2) is 5.53. The van der Waals surface area contributed by atoms with Gasteiger partial charge < -0.3 is 0 Å². The maximum absolute atomic E-state index is 4.56. The van der Waals surface area contributed by atoms with Crippen LogP contribution < -0.4 is 0 Å². The normalized spacial score (nSPS) is 11.2. The van der Waals surface area contributed by atoms with Crippen LogP contribution in [0.1, 0.15) is 5.56 Å². The third-order valence-corrected chi connectivity index (χ3v) is 3.97. The van der Waals surface area contributed by atoms with Gasteiger partial charge in [0.1, 0.15) is 0 Å². The van der Waals surface area contributed by atoms with E-state index in [2.05, 4.69) is 82.2 Å². The first-order chi connectivity index (χ1) is 9.33. The highest BCUT2D eigenvalue weighted by Gasteiger charge is 1.96. The molecular formula is C17H12IN. The van der Waals surface area contributed by atoms with E-state index >= 15 is 0 Å². The quantitative estimate of drug-likeness (QED) is 0.442. The van der Waals surface area contributed by atoms with Gasteiger partial charge >= 0.3 is 0 Å². The van der Waals surface area contributed by atoms with Gasteiger partial charge in [0.25, 0.3) is 0 Å². The van der Waals surface area contributed by atoms with Crippen molar-refractivity contribution >= 4 is 45.3 Å². The number of fused-ring (bicyclic) bond motifs is 1. The average molecular weight is 357 g/mol. The Kier molecular flexibility index (Phi) is 3.60. The van der Waals surface area contributed by atoms with Gasteiger partial charge in [-0.15, -0.1) is 0 Å². The van der Waals surface area contributed by atoms with Crippen LogP contribution in [0.4, 0.5) is 5.69 Å². The summed E-state index contributed by atoms with van der Waals surface area (Å²) in [5.74, 6) is 0. The minimum absolute atomic E-state index is 0.985. The van der Waals surface area contributed by atoms with Crippen molar-refractivity contribution in [3.8, 4) is 0 Å². The molecule has 92 valence electrons. The van der Waals surface area contributed by atoms with Crippen LogP contribution in [0.5, 0.6) is 0 Å². The summed E-state index contributed by atoms with van der Waals surface area (Å²) in [5.41, 5.74) is 2.13. The largest absolute Gasteiger partial charge is 0.256 e. The third-order valence-electron chi connectivity index (χ3n) is 2.99. The van der Waals surface area contributed by atoms with Crippen molar-refractivity contribution in [3.05, 3.63) is 75.9 Å². The molecule has 0 N–H and O–H groups in total. The van der Waals surface area contributed by atoms with Gasteiger partial charge in [-0.05, 0) is 51.6 Å². The van der Waals surface area contributed by atoms with E-state index in [1.54, 1.807) is 0 Å². The van der Waals surface area contributed by atoms with Crippen LogP contribution in [0.25, 0.3) is 10.8 Å². The SMILES string of the molecule is Ic1ccccc1C=Nc1ccc2ccccc2c1. The lowest BCUT2D eigenvalue weighted by molar-refractivity contribution is 1.53. The topological polar surface area (TPSA) is 12.4 Å². The van der Waals surface area contributed by atoms with E-state index in [1.165, 1.54) is 14.3 Å². The van der Waals surface area contributed by atoms with Crippen molar-refractivity contribution in [2.45, 2.75) is 0 Å². The maximum atomic E-state index is 4.56. The Morgan fingerprint density at radius 1 is 0.789 bits per heavy atom. The summed E-state index contributed by atoms with van der Waals surface area (Å²) in [5, 5.41) is 2.47. The van der Waals surface area contributed by atoms with Gasteiger partial charge in [-0.25, -0.2) is 0 Å². The molecule has 0 aliphatic rings. The summed E-state index contributed by atoms with van der Waals surface area (Å²) in [6.07, 6.45) is 1.92. The van der Waals surface area contributed by atoms with Crippen molar-refractivity contribution in [2.24, 2.45) is 4.99 Å². The van der Waals surface area contributed by atoms with E-state index in [0.717, 1.165) is 11.3 Å². The van der Waals surface area contributed by atoms with E-state index in [4.69, 9.17) is 0 Å². The van der Waals surface area contributed by atoms with Crippen LogP contribution >= 0.6 is 22.6 Å². The van der Waals surface area contributed by atoms with Crippen LogP contribution in [0.3, 0.4) is 0 Å². The first-order valence-electron chi connectivity index (χ1n) is 6.10. The van der Waals surface area contributed by atoms with Crippen molar-refractivity contribution in [1.29, 1.82) is 0 Å². The molecule has 1 nitrogen and oxygen atoms in total. The molecule has 0 atom stereocenters. The van der Waals surface area contributed by atoms with Gasteiger partial charge in [-0.3, -0.25) is 4.99 Å². The molecule has 0 aromatic heterocycles. The molecule has 0 saturated heterocycles. The summed E-state index contributed by atoms with van der Waals surface area (Å²) < 4.78 is 1.21. The highest BCUT2D eigenvalue weighted by Crippen LogP contribution is 2.21. The Bertz CT molecular complexity index is 747. The molecule has 0 amide bonds. The second-order valence-electron chi connectivity index (χ2n) is 4.31. The molecular weight excluding hydrogens is 345 g/mol. The van der Waals surface area contributed by atoms with Gasteiger partial charge in [0, 0.05) is 15.3 Å². The standard InChI is InChI=1S/C17H12IN/c18-17-8-4-3-7-15(17)12-19-16-10-9-13-5-1-2-6-14(13)11-16/h1-12H. The predicted molar refractivity (Wildman–Crippen MR) is 90.4 cm³/mol. The van der Waals surface area contributed by atoms with E-state index in [0.29, 0.717) is 0 Å². The molecule has 0 unspecified atom stereocenters. The van der Waals surface area contributed by atoms with E-state index < -0.39 is 0 Å². The summed E-state index contributed by atoms with van der Waals surface area (Å²) in [4.78, 5) is 4.56. The van der Waals surface area contributed by atoms with Crippen molar-refractivity contribution in [1.82, 2.24) is 0 Å². The number of nitrogens with zero attached hydrogens (tertiary/aromatic N) is 1. The molecule has 3 aromatic rings. The molecule has 3 aromatic carbocycles. The molecule has 0 fully saturated rings. The van der Waals surface area contributed by atoms with E-state index in [9.17, 15) is 0 Å². The fourth-order valence-electron chi connectivity index (χ4n) is 1.98. The summed E-state index contributed by atoms with van der Waals surface area (Å²) in [6.45, 7) is 0. The molecule has 0 bridgehead atoms.